The number of pyridine rings is 1. The molecule has 0 aliphatic heterocycles. The van der Waals surface area contributed by atoms with Crippen molar-refractivity contribution in [2.45, 2.75) is 24.3 Å². The highest BCUT2D eigenvalue weighted by atomic mass is 35.5. The number of carbonyl (C=O) groups excluding carboxylic acids is 1. The van der Waals surface area contributed by atoms with Crippen molar-refractivity contribution in [3.8, 4) is 0 Å². The van der Waals surface area contributed by atoms with Crippen LogP contribution in [0.5, 0.6) is 0 Å². The number of rotatable bonds is 5. The molecule has 6 nitrogen and oxygen atoms in total. The fraction of sp³-hybridized carbons (Fsp3) is 0.312. The van der Waals surface area contributed by atoms with Gasteiger partial charge in [-0.2, -0.15) is 0 Å². The zero-order chi connectivity index (χ0) is 18.0. The summed E-state index contributed by atoms with van der Waals surface area (Å²) in [5, 5.41) is 3.68. The Morgan fingerprint density at radius 2 is 2.20 bits per heavy atom. The number of hydrogen-bond donors (Lipinski definition) is 3. The van der Waals surface area contributed by atoms with Crippen LogP contribution in [0.25, 0.3) is 11.2 Å². The monoisotopic (exact) mass is 399 g/mol. The van der Waals surface area contributed by atoms with Crippen LogP contribution in [0.15, 0.2) is 34.9 Å². The molecule has 2 aromatic heterocycles. The van der Waals surface area contributed by atoms with Gasteiger partial charge < -0.3 is 16.0 Å². The molecule has 0 aromatic carbocycles. The third kappa shape index (κ3) is 4.73. The summed E-state index contributed by atoms with van der Waals surface area (Å²) in [6, 6.07) is 2.85. The Bertz CT molecular complexity index is 861. The number of halogens is 3. The van der Waals surface area contributed by atoms with Gasteiger partial charge in [0.15, 0.2) is 5.65 Å². The van der Waals surface area contributed by atoms with E-state index in [0.717, 1.165) is 11.1 Å². The van der Waals surface area contributed by atoms with Crippen LogP contribution >= 0.6 is 34.8 Å². The van der Waals surface area contributed by atoms with Gasteiger partial charge in [-0.1, -0.05) is 29.3 Å². The molecule has 2 heterocycles. The lowest BCUT2D eigenvalue weighted by atomic mass is 10.1. The van der Waals surface area contributed by atoms with Crippen LogP contribution in [-0.4, -0.2) is 32.8 Å². The van der Waals surface area contributed by atoms with E-state index in [1.54, 1.807) is 12.1 Å². The van der Waals surface area contributed by atoms with E-state index in [-0.39, 0.29) is 17.7 Å². The summed E-state index contributed by atoms with van der Waals surface area (Å²) in [5.41, 5.74) is 8.13. The topological polar surface area (TPSA) is 96.7 Å². The lowest BCUT2D eigenvalue weighted by Gasteiger charge is -2.15. The SMILES string of the molecule is NC(CC(=O)NCC1=CC(Cl)CC(Cl)=C1)c1nc2nc(Cl)ccc2[nH]1. The van der Waals surface area contributed by atoms with Gasteiger partial charge in [0.05, 0.1) is 16.9 Å². The quantitative estimate of drug-likeness (QED) is 0.530. The molecule has 0 saturated carbocycles. The third-order valence-electron chi connectivity index (χ3n) is 3.70. The first kappa shape index (κ1) is 18.2. The summed E-state index contributed by atoms with van der Waals surface area (Å²) in [6.07, 6.45) is 4.38. The highest BCUT2D eigenvalue weighted by Crippen LogP contribution is 2.24. The largest absolute Gasteiger partial charge is 0.352 e. The van der Waals surface area contributed by atoms with Gasteiger partial charge in [-0.15, -0.1) is 11.6 Å². The molecule has 4 N–H and O–H groups in total. The summed E-state index contributed by atoms with van der Waals surface area (Å²) >= 11 is 17.9. The number of imidazole rings is 1. The van der Waals surface area contributed by atoms with Crippen LogP contribution in [-0.2, 0) is 4.79 Å². The Morgan fingerprint density at radius 3 is 2.96 bits per heavy atom. The molecule has 9 heteroatoms. The Balaban J connectivity index is 1.58. The first-order valence-electron chi connectivity index (χ1n) is 7.66. The van der Waals surface area contributed by atoms with Gasteiger partial charge in [0.25, 0.3) is 0 Å². The number of carbonyl (C=O) groups is 1. The number of aromatic amines is 1. The molecule has 0 bridgehead atoms. The second-order valence-electron chi connectivity index (χ2n) is 5.77. The molecule has 0 radical (unpaired) electrons. The Morgan fingerprint density at radius 1 is 1.40 bits per heavy atom. The van der Waals surface area contributed by atoms with Crippen molar-refractivity contribution >= 4 is 51.9 Å². The second kappa shape index (κ2) is 7.74. The number of nitrogens with one attached hydrogen (secondary N) is 2. The number of amides is 1. The van der Waals surface area contributed by atoms with Crippen molar-refractivity contribution < 1.29 is 4.79 Å². The zero-order valence-electron chi connectivity index (χ0n) is 13.1. The maximum absolute atomic E-state index is 12.1. The highest BCUT2D eigenvalue weighted by Gasteiger charge is 2.17. The van der Waals surface area contributed by atoms with Crippen LogP contribution in [0.1, 0.15) is 24.7 Å². The summed E-state index contributed by atoms with van der Waals surface area (Å²) in [5.74, 6) is 0.293. The summed E-state index contributed by atoms with van der Waals surface area (Å²) in [7, 11) is 0. The van der Waals surface area contributed by atoms with Crippen molar-refractivity contribution in [3.63, 3.8) is 0 Å². The average molecular weight is 401 g/mol. The molecule has 1 aliphatic rings. The average Bonchev–Trinajstić information content (AvgIpc) is 2.95. The number of fused-ring (bicyclic) bond motifs is 1. The van der Waals surface area contributed by atoms with Crippen molar-refractivity contribution in [1.82, 2.24) is 20.3 Å². The second-order valence-corrected chi connectivity index (χ2v) is 7.20. The van der Waals surface area contributed by atoms with Crippen LogP contribution in [0.2, 0.25) is 5.15 Å². The van der Waals surface area contributed by atoms with E-state index in [1.807, 2.05) is 12.2 Å². The maximum atomic E-state index is 12.1. The molecule has 0 fully saturated rings. The van der Waals surface area contributed by atoms with E-state index in [4.69, 9.17) is 40.5 Å². The molecule has 0 saturated heterocycles. The van der Waals surface area contributed by atoms with Crippen LogP contribution in [0.3, 0.4) is 0 Å². The number of aromatic nitrogens is 3. The number of nitrogens with zero attached hydrogens (tertiary/aromatic N) is 2. The molecular formula is C16H16Cl3N5O. The van der Waals surface area contributed by atoms with Crippen molar-refractivity contribution in [2.24, 2.45) is 5.73 Å². The Kier molecular flexibility index (Phi) is 5.64. The summed E-state index contributed by atoms with van der Waals surface area (Å²) in [4.78, 5) is 23.6. The molecule has 1 amide bonds. The number of allylic oxidation sites excluding steroid dienone is 2. The highest BCUT2D eigenvalue weighted by molar-refractivity contribution is 6.31. The molecule has 25 heavy (non-hydrogen) atoms. The smallest absolute Gasteiger partial charge is 0.222 e. The minimum absolute atomic E-state index is 0.0859. The van der Waals surface area contributed by atoms with E-state index in [1.165, 1.54) is 0 Å². The van der Waals surface area contributed by atoms with E-state index in [0.29, 0.717) is 34.6 Å². The fourth-order valence-corrected chi connectivity index (χ4v) is 3.39. The zero-order valence-corrected chi connectivity index (χ0v) is 15.4. The predicted molar refractivity (Wildman–Crippen MR) is 99.7 cm³/mol. The van der Waals surface area contributed by atoms with Gasteiger partial charge in [-0.3, -0.25) is 4.79 Å². The lowest BCUT2D eigenvalue weighted by Crippen LogP contribution is -2.29. The van der Waals surface area contributed by atoms with Gasteiger partial charge in [-0.05, 0) is 23.8 Å². The van der Waals surface area contributed by atoms with Crippen LogP contribution in [0.4, 0.5) is 0 Å². The fourth-order valence-electron chi connectivity index (χ4n) is 2.53. The maximum Gasteiger partial charge on any atom is 0.222 e. The molecule has 2 unspecified atom stereocenters. The van der Waals surface area contributed by atoms with Crippen LogP contribution < -0.4 is 11.1 Å². The Labute approximate surface area is 159 Å². The number of nitrogens with two attached hydrogens (primary N) is 1. The number of alkyl halides is 1. The molecule has 0 spiro atoms. The minimum atomic E-state index is -0.576. The first-order chi connectivity index (χ1) is 11.9. The Hall–Kier alpha value is -1.60. The third-order valence-corrected chi connectivity index (χ3v) is 4.46. The summed E-state index contributed by atoms with van der Waals surface area (Å²) in [6.45, 7) is 0.349. The minimum Gasteiger partial charge on any atom is -0.352 e. The van der Waals surface area contributed by atoms with Gasteiger partial charge in [-0.25, -0.2) is 9.97 Å². The van der Waals surface area contributed by atoms with E-state index >= 15 is 0 Å². The molecule has 1 aliphatic carbocycles. The molecule has 2 atom stereocenters. The van der Waals surface area contributed by atoms with E-state index in [9.17, 15) is 4.79 Å². The molecule has 2 aromatic rings. The normalized spacial score (nSPS) is 18.6. The molecule has 3 rings (SSSR count). The predicted octanol–water partition coefficient (Wildman–Crippen LogP) is 3.18. The van der Waals surface area contributed by atoms with E-state index in [2.05, 4.69) is 20.3 Å². The van der Waals surface area contributed by atoms with Gasteiger partial charge in [0.2, 0.25) is 5.91 Å². The van der Waals surface area contributed by atoms with Crippen LogP contribution in [0, 0.1) is 0 Å². The van der Waals surface area contributed by atoms with Gasteiger partial charge in [0, 0.05) is 24.4 Å². The van der Waals surface area contributed by atoms with E-state index < -0.39 is 6.04 Å². The standard InChI is InChI=1S/C16H16Cl3N5O/c17-9-3-8(4-10(18)5-9)7-21-14(25)6-11(20)15-22-12-1-2-13(19)23-16(12)24-15/h1-4,9,11H,5-7,20H2,(H,21,25)(H,22,23,24). The van der Waals surface area contributed by atoms with Gasteiger partial charge in [0.1, 0.15) is 11.0 Å². The number of H-pyrrole nitrogens is 1. The molecular weight excluding hydrogens is 385 g/mol. The van der Waals surface area contributed by atoms with Crippen molar-refractivity contribution in [3.05, 3.63) is 45.9 Å². The number of hydrogen-bond acceptors (Lipinski definition) is 4. The summed E-state index contributed by atoms with van der Waals surface area (Å²) < 4.78 is 0. The van der Waals surface area contributed by atoms with Crippen molar-refractivity contribution in [1.29, 1.82) is 0 Å². The van der Waals surface area contributed by atoms with Gasteiger partial charge >= 0.3 is 0 Å². The first-order valence-corrected chi connectivity index (χ1v) is 8.85. The molecule has 132 valence electrons. The lowest BCUT2D eigenvalue weighted by molar-refractivity contribution is -0.121. The van der Waals surface area contributed by atoms with Crippen molar-refractivity contribution in [2.75, 3.05) is 6.54 Å².